The van der Waals surface area contributed by atoms with Crippen LogP contribution >= 0.6 is 11.3 Å². The van der Waals surface area contributed by atoms with Crippen LogP contribution in [0.1, 0.15) is 59.7 Å². The molecule has 2 N–H and O–H groups in total. The third kappa shape index (κ3) is 4.49. The number of urea groups is 1. The Balaban J connectivity index is 1.21. The zero-order valence-electron chi connectivity index (χ0n) is 21.5. The summed E-state index contributed by atoms with van der Waals surface area (Å²) >= 11 is 1.40. The molecule has 1 spiro atoms. The minimum atomic E-state index is -0.594. The summed E-state index contributed by atoms with van der Waals surface area (Å²) in [5, 5.41) is 6.99. The summed E-state index contributed by atoms with van der Waals surface area (Å²) < 4.78 is 7.52. The predicted molar refractivity (Wildman–Crippen MR) is 150 cm³/mol. The van der Waals surface area contributed by atoms with Crippen molar-refractivity contribution in [1.82, 2.24) is 10.2 Å². The number of carbonyl (C=O) groups excluding carboxylic acids is 3. The highest BCUT2D eigenvalue weighted by Gasteiger charge is 2.44. The number of hydrogen-bond donors (Lipinski definition) is 2. The second kappa shape index (κ2) is 9.94. The molecule has 1 aromatic heterocycles. The molecule has 3 aromatic rings. The Morgan fingerprint density at radius 2 is 1.82 bits per heavy atom. The van der Waals surface area contributed by atoms with Crippen molar-refractivity contribution >= 4 is 49.8 Å². The Hall–Kier alpha value is -3.59. The smallest absolute Gasteiger partial charge is 0.319 e. The number of hydrogen-bond acceptors (Lipinski definition) is 6. The first-order chi connectivity index (χ1) is 18.5. The lowest BCUT2D eigenvalue weighted by Crippen LogP contribution is -2.52. The number of Topliss-reactive ketones (excluding diaryl/α,β-unsaturated/α-hetero) is 1. The second-order valence-corrected chi connectivity index (χ2v) is 11.4. The number of nitrogens with one attached hydrogen (secondary N) is 2. The number of ketones is 1. The number of nitrogens with zero attached hydrogens (tertiary/aromatic N) is 2. The van der Waals surface area contributed by atoms with Crippen LogP contribution in [-0.4, -0.2) is 60.9 Å². The number of carbonyl (C=O) groups is 3. The summed E-state index contributed by atoms with van der Waals surface area (Å²) in [4.78, 5) is 43.4. The van der Waals surface area contributed by atoms with Gasteiger partial charge in [0.25, 0.3) is 5.91 Å². The Labute approximate surface area is 225 Å². The molecular formula is C29H32N4O4S. The number of benzene rings is 2. The van der Waals surface area contributed by atoms with E-state index in [1.54, 1.807) is 0 Å². The second-order valence-electron chi connectivity index (χ2n) is 10.3. The van der Waals surface area contributed by atoms with E-state index in [1.807, 2.05) is 54.3 Å². The van der Waals surface area contributed by atoms with E-state index >= 15 is 0 Å². The predicted octanol–water partition coefficient (Wildman–Crippen LogP) is 5.28. The van der Waals surface area contributed by atoms with Gasteiger partial charge in [-0.2, -0.15) is 0 Å². The van der Waals surface area contributed by atoms with Gasteiger partial charge in [0.2, 0.25) is 0 Å². The van der Waals surface area contributed by atoms with Crippen LogP contribution < -0.4 is 20.3 Å². The maximum Gasteiger partial charge on any atom is 0.319 e. The molecule has 2 saturated heterocycles. The highest BCUT2D eigenvalue weighted by Crippen LogP contribution is 2.42. The molecular weight excluding hydrogens is 500 g/mol. The van der Waals surface area contributed by atoms with Gasteiger partial charge >= 0.3 is 6.03 Å². The number of likely N-dealkylation sites (tertiary alicyclic amines) is 1. The lowest BCUT2D eigenvalue weighted by Gasteiger charge is -2.44. The summed E-state index contributed by atoms with van der Waals surface area (Å²) in [6, 6.07) is 13.3. The first kappa shape index (κ1) is 24.7. The van der Waals surface area contributed by atoms with E-state index in [1.165, 1.54) is 24.2 Å². The third-order valence-corrected chi connectivity index (χ3v) is 8.97. The molecule has 3 amide bonds. The molecule has 2 aromatic carbocycles. The molecule has 9 heteroatoms. The molecule has 0 aliphatic carbocycles. The molecule has 0 atom stereocenters. The zero-order valence-corrected chi connectivity index (χ0v) is 22.4. The standard InChI is InChI=1S/C29H32N4O4S/c1-2-30-28(36)31-26-25(21-7-3-4-8-24(21)38-26)27(35)33-15-11-29(12-16-33)18-22(34)20-10-9-19(17-23(20)37-29)32-13-5-6-14-32/h3-4,7-10,17H,2,5-6,11-16,18H2,1H3,(H2,30,31,36). The SMILES string of the molecule is CCNC(=O)Nc1sc2ccccc2c1C(=O)N1CCC2(CC1)CC(=O)c1ccc(N3CCCC3)cc1O2. The Morgan fingerprint density at radius 3 is 2.58 bits per heavy atom. The molecule has 38 heavy (non-hydrogen) atoms. The summed E-state index contributed by atoms with van der Waals surface area (Å²) in [5.41, 5.74) is 1.69. The van der Waals surface area contributed by atoms with Crippen molar-refractivity contribution in [2.24, 2.45) is 0 Å². The van der Waals surface area contributed by atoms with Gasteiger partial charge in [0, 0.05) is 67.4 Å². The molecule has 8 nitrogen and oxygen atoms in total. The lowest BCUT2D eigenvalue weighted by atomic mass is 9.82. The molecule has 6 rings (SSSR count). The average Bonchev–Trinajstić information content (AvgIpc) is 3.57. The lowest BCUT2D eigenvalue weighted by molar-refractivity contribution is -0.00558. The van der Waals surface area contributed by atoms with Crippen LogP contribution in [0.4, 0.5) is 15.5 Å². The van der Waals surface area contributed by atoms with Crippen molar-refractivity contribution in [3.63, 3.8) is 0 Å². The monoisotopic (exact) mass is 532 g/mol. The number of amides is 3. The summed E-state index contributed by atoms with van der Waals surface area (Å²) in [6.45, 7) is 5.38. The Kier molecular flexibility index (Phi) is 6.47. The molecule has 0 radical (unpaired) electrons. The highest BCUT2D eigenvalue weighted by molar-refractivity contribution is 7.23. The number of ether oxygens (including phenoxy) is 1. The van der Waals surface area contributed by atoms with E-state index in [0.29, 0.717) is 60.8 Å². The van der Waals surface area contributed by atoms with Gasteiger partial charge in [-0.15, -0.1) is 11.3 Å². The van der Waals surface area contributed by atoms with E-state index < -0.39 is 5.60 Å². The van der Waals surface area contributed by atoms with Gasteiger partial charge in [-0.1, -0.05) is 18.2 Å². The number of fused-ring (bicyclic) bond motifs is 2. The fourth-order valence-electron chi connectivity index (χ4n) is 5.86. The minimum absolute atomic E-state index is 0.108. The van der Waals surface area contributed by atoms with Crippen LogP contribution in [0.3, 0.4) is 0 Å². The fraction of sp³-hybridized carbons (Fsp3) is 0.414. The molecule has 198 valence electrons. The number of rotatable bonds is 4. The van der Waals surface area contributed by atoms with Crippen molar-refractivity contribution in [2.45, 2.75) is 44.6 Å². The normalized spacial score (nSPS) is 18.4. The molecule has 3 aliphatic heterocycles. The molecule has 0 saturated carbocycles. The van der Waals surface area contributed by atoms with E-state index in [9.17, 15) is 14.4 Å². The number of anilines is 2. The molecule has 2 fully saturated rings. The van der Waals surface area contributed by atoms with Crippen LogP contribution in [0, 0.1) is 0 Å². The largest absolute Gasteiger partial charge is 0.486 e. The van der Waals surface area contributed by atoms with E-state index in [2.05, 4.69) is 15.5 Å². The average molecular weight is 533 g/mol. The van der Waals surface area contributed by atoms with Gasteiger partial charge in [-0.05, 0) is 38.0 Å². The minimum Gasteiger partial charge on any atom is -0.486 e. The molecule has 0 unspecified atom stereocenters. The summed E-state index contributed by atoms with van der Waals surface area (Å²) in [6.07, 6.45) is 3.86. The highest BCUT2D eigenvalue weighted by atomic mass is 32.1. The zero-order chi connectivity index (χ0) is 26.3. The van der Waals surface area contributed by atoms with Crippen molar-refractivity contribution < 1.29 is 19.1 Å². The summed E-state index contributed by atoms with van der Waals surface area (Å²) in [7, 11) is 0. The third-order valence-electron chi connectivity index (χ3n) is 7.88. The van der Waals surface area contributed by atoms with E-state index in [4.69, 9.17) is 4.74 Å². The van der Waals surface area contributed by atoms with E-state index in [0.717, 1.165) is 28.9 Å². The summed E-state index contributed by atoms with van der Waals surface area (Å²) in [5.74, 6) is 0.668. The maximum absolute atomic E-state index is 13.8. The Bertz CT molecular complexity index is 1400. The van der Waals surface area contributed by atoms with Crippen LogP contribution in [-0.2, 0) is 0 Å². The van der Waals surface area contributed by atoms with E-state index in [-0.39, 0.29) is 17.7 Å². The van der Waals surface area contributed by atoms with Gasteiger partial charge in [0.15, 0.2) is 5.78 Å². The van der Waals surface area contributed by atoms with Gasteiger partial charge in [0.05, 0.1) is 17.5 Å². The first-order valence-corrected chi connectivity index (χ1v) is 14.2. The van der Waals surface area contributed by atoms with Crippen molar-refractivity contribution in [1.29, 1.82) is 0 Å². The molecule has 0 bridgehead atoms. The fourth-order valence-corrected chi connectivity index (χ4v) is 6.95. The van der Waals surface area contributed by atoms with Crippen LogP contribution in [0.15, 0.2) is 42.5 Å². The van der Waals surface area contributed by atoms with Crippen molar-refractivity contribution in [2.75, 3.05) is 42.9 Å². The van der Waals surface area contributed by atoms with Gasteiger partial charge in [-0.3, -0.25) is 14.9 Å². The van der Waals surface area contributed by atoms with Crippen LogP contribution in [0.25, 0.3) is 10.1 Å². The molecule has 3 aliphatic rings. The van der Waals surface area contributed by atoms with Crippen LogP contribution in [0.5, 0.6) is 5.75 Å². The first-order valence-electron chi connectivity index (χ1n) is 13.4. The van der Waals surface area contributed by atoms with Crippen LogP contribution in [0.2, 0.25) is 0 Å². The number of thiophene rings is 1. The van der Waals surface area contributed by atoms with Gasteiger partial charge in [0.1, 0.15) is 16.4 Å². The van der Waals surface area contributed by atoms with Crippen molar-refractivity contribution in [3.05, 3.63) is 53.6 Å². The maximum atomic E-state index is 13.8. The van der Waals surface area contributed by atoms with Crippen molar-refractivity contribution in [3.8, 4) is 5.75 Å². The van der Waals surface area contributed by atoms with Gasteiger partial charge < -0.3 is 19.9 Å². The molecule has 4 heterocycles. The topological polar surface area (TPSA) is 91.0 Å². The van der Waals surface area contributed by atoms with Gasteiger partial charge in [-0.25, -0.2) is 4.79 Å². The number of piperidine rings is 1. The quantitative estimate of drug-likeness (QED) is 0.477. The Morgan fingerprint density at radius 1 is 1.05 bits per heavy atom.